The molecule has 7 heteroatoms. The molecule has 5 rings (SSSR count). The van der Waals surface area contributed by atoms with Crippen LogP contribution in [0.5, 0.6) is 11.5 Å². The molecule has 0 aliphatic carbocycles. The highest BCUT2D eigenvalue weighted by Crippen LogP contribution is 2.47. The van der Waals surface area contributed by atoms with E-state index >= 15 is 0 Å². The minimum absolute atomic E-state index is 0.00979. The van der Waals surface area contributed by atoms with Crippen LogP contribution in [-0.4, -0.2) is 23.3 Å². The molecule has 1 heterocycles. The van der Waals surface area contributed by atoms with Gasteiger partial charge in [-0.2, -0.15) is 5.10 Å². The van der Waals surface area contributed by atoms with Gasteiger partial charge in [0.2, 0.25) is 0 Å². The third kappa shape index (κ3) is 5.47. The van der Waals surface area contributed by atoms with Gasteiger partial charge in [0.25, 0.3) is 5.91 Å². The maximum Gasteiger partial charge on any atom is 0.252 e. The molecule has 0 fully saturated rings. The SMILES string of the molecule is CC/C(=N\NCC(=O)N1c2ccccc2Sc2ccccc21)c1ccc(OCc2ccccc2)cc1O. The molecule has 1 aliphatic heterocycles. The van der Waals surface area contributed by atoms with E-state index in [1.165, 1.54) is 0 Å². The van der Waals surface area contributed by atoms with Gasteiger partial charge in [-0.15, -0.1) is 0 Å². The van der Waals surface area contributed by atoms with Crippen molar-refractivity contribution in [2.75, 3.05) is 11.4 Å². The summed E-state index contributed by atoms with van der Waals surface area (Å²) >= 11 is 1.66. The molecule has 0 spiro atoms. The quantitative estimate of drug-likeness (QED) is 0.209. The zero-order valence-corrected chi connectivity index (χ0v) is 21.2. The number of carbonyl (C=O) groups is 1. The number of aromatic hydroxyl groups is 1. The average Bonchev–Trinajstić information content (AvgIpc) is 2.94. The number of ether oxygens (including phenoxy) is 1. The van der Waals surface area contributed by atoms with E-state index in [0.29, 0.717) is 30.1 Å². The second-order valence-corrected chi connectivity index (χ2v) is 9.55. The lowest BCUT2D eigenvalue weighted by atomic mass is 10.1. The van der Waals surface area contributed by atoms with Crippen molar-refractivity contribution in [3.05, 3.63) is 108 Å². The first-order valence-electron chi connectivity index (χ1n) is 12.1. The number of rotatable bonds is 8. The summed E-state index contributed by atoms with van der Waals surface area (Å²) in [4.78, 5) is 17.2. The number of benzene rings is 4. The van der Waals surface area contributed by atoms with Gasteiger partial charge in [-0.1, -0.05) is 73.3 Å². The van der Waals surface area contributed by atoms with E-state index in [-0.39, 0.29) is 18.2 Å². The smallest absolute Gasteiger partial charge is 0.252 e. The summed E-state index contributed by atoms with van der Waals surface area (Å²) in [6, 6.07) is 30.8. The van der Waals surface area contributed by atoms with Gasteiger partial charge in [-0.25, -0.2) is 0 Å². The van der Waals surface area contributed by atoms with Crippen LogP contribution < -0.4 is 15.1 Å². The molecule has 0 unspecified atom stereocenters. The highest BCUT2D eigenvalue weighted by molar-refractivity contribution is 7.99. The summed E-state index contributed by atoms with van der Waals surface area (Å²) in [7, 11) is 0. The summed E-state index contributed by atoms with van der Waals surface area (Å²) in [5.74, 6) is 0.535. The minimum Gasteiger partial charge on any atom is -0.507 e. The van der Waals surface area contributed by atoms with Crippen molar-refractivity contribution in [2.45, 2.75) is 29.7 Å². The molecule has 4 aromatic rings. The topological polar surface area (TPSA) is 74.2 Å². The maximum atomic E-state index is 13.3. The Morgan fingerprint density at radius 2 is 1.57 bits per heavy atom. The van der Waals surface area contributed by atoms with E-state index in [1.54, 1.807) is 28.8 Å². The molecule has 0 saturated carbocycles. The van der Waals surface area contributed by atoms with E-state index in [4.69, 9.17) is 4.74 Å². The Morgan fingerprint density at radius 3 is 2.22 bits per heavy atom. The van der Waals surface area contributed by atoms with Gasteiger partial charge in [0.1, 0.15) is 24.7 Å². The molecular weight excluding hydrogens is 482 g/mol. The molecule has 0 bridgehead atoms. The van der Waals surface area contributed by atoms with Gasteiger partial charge >= 0.3 is 0 Å². The zero-order chi connectivity index (χ0) is 25.6. The van der Waals surface area contributed by atoms with Gasteiger partial charge in [0.15, 0.2) is 0 Å². The molecule has 6 nitrogen and oxygen atoms in total. The monoisotopic (exact) mass is 509 g/mol. The van der Waals surface area contributed by atoms with Crippen molar-refractivity contribution in [3.63, 3.8) is 0 Å². The first kappa shape index (κ1) is 24.5. The first-order chi connectivity index (χ1) is 18.1. The molecule has 37 heavy (non-hydrogen) atoms. The van der Waals surface area contributed by atoms with Gasteiger partial charge < -0.3 is 15.3 Å². The number of nitrogens with zero attached hydrogens (tertiary/aromatic N) is 2. The Labute approximate surface area is 220 Å². The number of carbonyl (C=O) groups excluding carboxylic acids is 1. The van der Waals surface area contributed by atoms with Crippen molar-refractivity contribution in [3.8, 4) is 11.5 Å². The van der Waals surface area contributed by atoms with Crippen LogP contribution in [0.2, 0.25) is 0 Å². The number of hydrazone groups is 1. The largest absolute Gasteiger partial charge is 0.507 e. The van der Waals surface area contributed by atoms with Crippen LogP contribution in [-0.2, 0) is 11.4 Å². The summed E-state index contributed by atoms with van der Waals surface area (Å²) in [5, 5.41) is 15.1. The first-order valence-corrected chi connectivity index (χ1v) is 12.9. The fraction of sp³-hybridized carbons (Fsp3) is 0.133. The predicted octanol–water partition coefficient (Wildman–Crippen LogP) is 6.50. The van der Waals surface area contributed by atoms with Gasteiger partial charge in [0, 0.05) is 21.4 Å². The highest BCUT2D eigenvalue weighted by Gasteiger charge is 2.27. The molecule has 0 aromatic heterocycles. The predicted molar refractivity (Wildman–Crippen MR) is 148 cm³/mol. The van der Waals surface area contributed by atoms with Gasteiger partial charge in [-0.3, -0.25) is 9.69 Å². The molecule has 0 saturated heterocycles. The lowest BCUT2D eigenvalue weighted by Crippen LogP contribution is -2.35. The zero-order valence-electron chi connectivity index (χ0n) is 20.4. The van der Waals surface area contributed by atoms with Crippen LogP contribution in [0.25, 0.3) is 0 Å². The average molecular weight is 510 g/mol. The number of anilines is 2. The van der Waals surface area contributed by atoms with Crippen molar-refractivity contribution in [1.82, 2.24) is 5.43 Å². The Morgan fingerprint density at radius 1 is 0.919 bits per heavy atom. The van der Waals surface area contributed by atoms with E-state index in [9.17, 15) is 9.90 Å². The Kier molecular flexibility index (Phi) is 7.42. The van der Waals surface area contributed by atoms with Crippen LogP contribution in [0.3, 0.4) is 0 Å². The Balaban J connectivity index is 1.28. The van der Waals surface area contributed by atoms with Crippen LogP contribution in [0.4, 0.5) is 11.4 Å². The molecule has 186 valence electrons. The van der Waals surface area contributed by atoms with Crippen LogP contribution in [0.15, 0.2) is 112 Å². The van der Waals surface area contributed by atoms with Gasteiger partial charge in [0.05, 0.1) is 17.1 Å². The molecule has 0 atom stereocenters. The van der Waals surface area contributed by atoms with E-state index < -0.39 is 0 Å². The van der Waals surface area contributed by atoms with Crippen molar-refractivity contribution < 1.29 is 14.6 Å². The number of hydrogen-bond acceptors (Lipinski definition) is 6. The van der Waals surface area contributed by atoms with E-state index in [2.05, 4.69) is 10.5 Å². The van der Waals surface area contributed by atoms with Crippen molar-refractivity contribution >= 4 is 34.8 Å². The lowest BCUT2D eigenvalue weighted by Gasteiger charge is -2.31. The van der Waals surface area contributed by atoms with Gasteiger partial charge in [-0.05, 0) is 48.4 Å². The minimum atomic E-state index is -0.117. The number of phenols is 1. The number of para-hydroxylation sites is 2. The molecule has 0 radical (unpaired) electrons. The highest BCUT2D eigenvalue weighted by atomic mass is 32.2. The molecule has 1 aliphatic rings. The van der Waals surface area contributed by atoms with Crippen LogP contribution >= 0.6 is 11.8 Å². The normalized spacial score (nSPS) is 12.5. The molecular formula is C30H27N3O3S. The number of phenolic OH excluding ortho intramolecular Hbond substituents is 1. The molecule has 4 aromatic carbocycles. The summed E-state index contributed by atoms with van der Waals surface area (Å²) in [6.07, 6.45) is 0.574. The van der Waals surface area contributed by atoms with E-state index in [0.717, 1.165) is 26.7 Å². The second-order valence-electron chi connectivity index (χ2n) is 8.47. The molecule has 1 amide bonds. The van der Waals surface area contributed by atoms with Crippen molar-refractivity contribution in [2.24, 2.45) is 5.10 Å². The summed E-state index contributed by atoms with van der Waals surface area (Å²) < 4.78 is 5.81. The van der Waals surface area contributed by atoms with Crippen molar-refractivity contribution in [1.29, 1.82) is 0 Å². The van der Waals surface area contributed by atoms with E-state index in [1.807, 2.05) is 91.9 Å². The van der Waals surface area contributed by atoms with Crippen LogP contribution in [0.1, 0.15) is 24.5 Å². The number of fused-ring (bicyclic) bond motifs is 2. The lowest BCUT2D eigenvalue weighted by molar-refractivity contribution is -0.117. The third-order valence-corrected chi connectivity index (χ3v) is 7.12. The van der Waals surface area contributed by atoms with Crippen LogP contribution in [0, 0.1) is 0 Å². The Hall–Kier alpha value is -4.23. The standard InChI is InChI=1S/C30H27N3O3S/c1-2-24(23-17-16-22(18-27(23)34)36-20-21-10-4-3-5-11-21)32-31-19-30(35)33-25-12-6-8-14-28(25)37-29-15-9-7-13-26(29)33/h3-18,31,34H,2,19-20H2,1H3/b32-24+. The Bertz CT molecular complexity index is 1390. The molecule has 2 N–H and O–H groups in total. The summed E-state index contributed by atoms with van der Waals surface area (Å²) in [5.41, 5.74) is 6.95. The number of hydrogen-bond donors (Lipinski definition) is 2. The fourth-order valence-corrected chi connectivity index (χ4v) is 5.23. The number of nitrogens with one attached hydrogen (secondary N) is 1. The second kappa shape index (κ2) is 11.2. The third-order valence-electron chi connectivity index (χ3n) is 5.99. The fourth-order valence-electron chi connectivity index (χ4n) is 4.17. The number of amides is 1. The maximum absolute atomic E-state index is 13.3. The summed E-state index contributed by atoms with van der Waals surface area (Å²) in [6.45, 7) is 2.38.